The van der Waals surface area contributed by atoms with Crippen molar-refractivity contribution in [1.29, 1.82) is 0 Å². The highest BCUT2D eigenvalue weighted by Crippen LogP contribution is 2.25. The molecule has 126 valence electrons. The summed E-state index contributed by atoms with van der Waals surface area (Å²) in [5.74, 6) is -0.318. The molecule has 0 aromatic heterocycles. The Kier molecular flexibility index (Phi) is 5.31. The fraction of sp³-hybridized carbons (Fsp3) is 0.188. The fourth-order valence-electron chi connectivity index (χ4n) is 2.13. The van der Waals surface area contributed by atoms with E-state index in [-0.39, 0.29) is 12.1 Å². The zero-order valence-electron chi connectivity index (χ0n) is 13.0. The Bertz CT molecular complexity index is 779. The van der Waals surface area contributed by atoms with Crippen LogP contribution in [0.2, 0.25) is 0 Å². The molecular weight excluding hydrogens is 319 g/mol. The van der Waals surface area contributed by atoms with E-state index in [1.54, 1.807) is 18.2 Å². The molecule has 2 aromatic rings. The second-order valence-electron chi connectivity index (χ2n) is 4.83. The standard InChI is InChI=1S/C16H15FN2O5/c1-23-12-4-6-15(24-2)10(7-12)8-16(20)18-11-3-5-13(17)14(9-11)19(21)22/h3-7,9H,8H2,1-2H3,(H,18,20). The number of benzene rings is 2. The smallest absolute Gasteiger partial charge is 0.306 e. The first-order valence-electron chi connectivity index (χ1n) is 6.89. The topological polar surface area (TPSA) is 90.7 Å². The quantitative estimate of drug-likeness (QED) is 0.648. The first-order valence-corrected chi connectivity index (χ1v) is 6.89. The number of nitro benzene ring substituents is 1. The summed E-state index contributed by atoms with van der Waals surface area (Å²) in [5.41, 5.74) is 0.0210. The molecule has 0 unspecified atom stereocenters. The number of rotatable bonds is 6. The number of hydrogen-bond donors (Lipinski definition) is 1. The van der Waals surface area contributed by atoms with E-state index in [0.717, 1.165) is 12.1 Å². The van der Waals surface area contributed by atoms with Gasteiger partial charge < -0.3 is 14.8 Å². The van der Waals surface area contributed by atoms with Crippen LogP contribution in [0.25, 0.3) is 0 Å². The number of nitrogens with zero attached hydrogens (tertiary/aromatic N) is 1. The van der Waals surface area contributed by atoms with Crippen molar-refractivity contribution in [3.05, 3.63) is 57.9 Å². The van der Waals surface area contributed by atoms with Crippen LogP contribution in [0.1, 0.15) is 5.56 Å². The number of nitrogens with one attached hydrogen (secondary N) is 1. The molecule has 0 aliphatic carbocycles. The molecule has 8 heteroatoms. The normalized spacial score (nSPS) is 10.1. The molecule has 2 aromatic carbocycles. The number of amides is 1. The fourth-order valence-corrected chi connectivity index (χ4v) is 2.13. The number of anilines is 1. The molecule has 0 atom stereocenters. The van der Waals surface area contributed by atoms with Gasteiger partial charge in [0, 0.05) is 17.3 Å². The van der Waals surface area contributed by atoms with E-state index in [2.05, 4.69) is 5.32 Å². The molecule has 0 heterocycles. The molecule has 1 N–H and O–H groups in total. The lowest BCUT2D eigenvalue weighted by Gasteiger charge is -2.11. The summed E-state index contributed by atoms with van der Waals surface area (Å²) in [7, 11) is 2.98. The lowest BCUT2D eigenvalue weighted by atomic mass is 10.1. The largest absolute Gasteiger partial charge is 0.497 e. The minimum atomic E-state index is -0.965. The zero-order chi connectivity index (χ0) is 17.7. The summed E-state index contributed by atoms with van der Waals surface area (Å²) < 4.78 is 23.6. The molecule has 0 aliphatic heterocycles. The minimum Gasteiger partial charge on any atom is -0.497 e. The maximum absolute atomic E-state index is 13.3. The molecule has 0 aliphatic rings. The third kappa shape index (κ3) is 3.97. The van der Waals surface area contributed by atoms with Crippen LogP contribution in [0.5, 0.6) is 11.5 Å². The van der Waals surface area contributed by atoms with Crippen molar-refractivity contribution >= 4 is 17.3 Å². The zero-order valence-corrected chi connectivity index (χ0v) is 13.0. The summed E-state index contributed by atoms with van der Waals surface area (Å²) in [6.07, 6.45) is -0.0362. The highest BCUT2D eigenvalue weighted by atomic mass is 19.1. The molecule has 0 bridgehead atoms. The van der Waals surface area contributed by atoms with Crippen LogP contribution in [-0.2, 0) is 11.2 Å². The highest BCUT2D eigenvalue weighted by molar-refractivity contribution is 5.93. The summed E-state index contributed by atoms with van der Waals surface area (Å²) in [6.45, 7) is 0. The van der Waals surface area contributed by atoms with Gasteiger partial charge in [-0.05, 0) is 30.3 Å². The van der Waals surface area contributed by atoms with Gasteiger partial charge in [0.15, 0.2) is 0 Å². The number of halogens is 1. The number of carbonyl (C=O) groups is 1. The van der Waals surface area contributed by atoms with E-state index in [1.807, 2.05) is 0 Å². The van der Waals surface area contributed by atoms with Gasteiger partial charge in [-0.2, -0.15) is 4.39 Å². The number of methoxy groups -OCH3 is 2. The molecule has 24 heavy (non-hydrogen) atoms. The summed E-state index contributed by atoms with van der Waals surface area (Å²) in [5, 5.41) is 13.2. The molecule has 0 spiro atoms. The van der Waals surface area contributed by atoms with Crippen LogP contribution in [0.3, 0.4) is 0 Å². The third-order valence-electron chi connectivity index (χ3n) is 3.27. The molecule has 0 fully saturated rings. The van der Waals surface area contributed by atoms with Crippen LogP contribution in [0.15, 0.2) is 36.4 Å². The number of ether oxygens (including phenoxy) is 2. The van der Waals surface area contributed by atoms with E-state index >= 15 is 0 Å². The van der Waals surface area contributed by atoms with Gasteiger partial charge >= 0.3 is 5.69 Å². The van der Waals surface area contributed by atoms with Gasteiger partial charge in [-0.15, -0.1) is 0 Å². The van der Waals surface area contributed by atoms with Gasteiger partial charge in [-0.1, -0.05) is 0 Å². The second kappa shape index (κ2) is 7.40. The monoisotopic (exact) mass is 334 g/mol. The highest BCUT2D eigenvalue weighted by Gasteiger charge is 2.16. The molecule has 0 radical (unpaired) electrons. The predicted octanol–water partition coefficient (Wildman–Crippen LogP) is 2.93. The van der Waals surface area contributed by atoms with Crippen molar-refractivity contribution in [2.75, 3.05) is 19.5 Å². The maximum atomic E-state index is 13.3. The van der Waals surface area contributed by atoms with Gasteiger partial charge in [0.05, 0.1) is 25.6 Å². The average molecular weight is 334 g/mol. The Morgan fingerprint density at radius 2 is 1.96 bits per heavy atom. The van der Waals surface area contributed by atoms with Gasteiger partial charge in [0.25, 0.3) is 0 Å². The molecule has 2 rings (SSSR count). The van der Waals surface area contributed by atoms with Crippen molar-refractivity contribution in [2.45, 2.75) is 6.42 Å². The Hall–Kier alpha value is -3.16. The van der Waals surface area contributed by atoms with Crippen LogP contribution >= 0.6 is 0 Å². The Balaban J connectivity index is 2.17. The number of carbonyl (C=O) groups excluding carboxylic acids is 1. The number of hydrogen-bond acceptors (Lipinski definition) is 5. The lowest BCUT2D eigenvalue weighted by Crippen LogP contribution is -2.15. The number of nitro groups is 1. The van der Waals surface area contributed by atoms with E-state index in [4.69, 9.17) is 9.47 Å². The van der Waals surface area contributed by atoms with Crippen LogP contribution in [0.4, 0.5) is 15.8 Å². The van der Waals surface area contributed by atoms with E-state index < -0.39 is 22.3 Å². The van der Waals surface area contributed by atoms with Crippen LogP contribution in [-0.4, -0.2) is 25.1 Å². The summed E-state index contributed by atoms with van der Waals surface area (Å²) in [4.78, 5) is 22.0. The Morgan fingerprint density at radius 1 is 1.21 bits per heavy atom. The van der Waals surface area contributed by atoms with Crippen molar-refractivity contribution in [2.24, 2.45) is 0 Å². The summed E-state index contributed by atoms with van der Waals surface area (Å²) >= 11 is 0. The SMILES string of the molecule is COc1ccc(OC)c(CC(=O)Nc2ccc(F)c([N+](=O)[O-])c2)c1. The summed E-state index contributed by atoms with van der Waals surface area (Å²) in [6, 6.07) is 8.18. The van der Waals surface area contributed by atoms with Gasteiger partial charge in [-0.25, -0.2) is 0 Å². The third-order valence-corrected chi connectivity index (χ3v) is 3.27. The van der Waals surface area contributed by atoms with E-state index in [9.17, 15) is 19.3 Å². The Labute approximate surface area is 137 Å². The first kappa shape index (κ1) is 17.2. The molecule has 7 nitrogen and oxygen atoms in total. The second-order valence-corrected chi connectivity index (χ2v) is 4.83. The minimum absolute atomic E-state index is 0.0362. The lowest BCUT2D eigenvalue weighted by molar-refractivity contribution is -0.387. The maximum Gasteiger partial charge on any atom is 0.306 e. The van der Waals surface area contributed by atoms with Crippen molar-refractivity contribution < 1.29 is 23.6 Å². The molecular formula is C16H15FN2O5. The molecule has 0 saturated heterocycles. The van der Waals surface area contributed by atoms with Gasteiger partial charge in [-0.3, -0.25) is 14.9 Å². The Morgan fingerprint density at radius 3 is 2.58 bits per heavy atom. The molecule has 0 saturated carbocycles. The first-order chi connectivity index (χ1) is 11.4. The van der Waals surface area contributed by atoms with Crippen LogP contribution < -0.4 is 14.8 Å². The van der Waals surface area contributed by atoms with Gasteiger partial charge in [0.2, 0.25) is 11.7 Å². The van der Waals surface area contributed by atoms with Crippen molar-refractivity contribution in [3.63, 3.8) is 0 Å². The van der Waals surface area contributed by atoms with Gasteiger partial charge in [0.1, 0.15) is 11.5 Å². The van der Waals surface area contributed by atoms with Crippen LogP contribution in [0, 0.1) is 15.9 Å². The predicted molar refractivity (Wildman–Crippen MR) is 84.9 cm³/mol. The average Bonchev–Trinajstić information content (AvgIpc) is 2.56. The van der Waals surface area contributed by atoms with E-state index in [1.165, 1.54) is 20.3 Å². The van der Waals surface area contributed by atoms with E-state index in [0.29, 0.717) is 17.1 Å². The molecule has 1 amide bonds. The van der Waals surface area contributed by atoms with Crippen molar-refractivity contribution in [3.8, 4) is 11.5 Å². The van der Waals surface area contributed by atoms with Crippen molar-refractivity contribution in [1.82, 2.24) is 0 Å².